The Morgan fingerprint density at radius 2 is 2.16 bits per heavy atom. The summed E-state index contributed by atoms with van der Waals surface area (Å²) in [5.41, 5.74) is 1.29. The van der Waals surface area contributed by atoms with E-state index in [1.807, 2.05) is 18.2 Å². The Kier molecular flexibility index (Phi) is 4.52. The van der Waals surface area contributed by atoms with Crippen molar-refractivity contribution in [3.05, 3.63) is 58.3 Å². The SMILES string of the molecule is COc1cccc(Br)c1CNC(=O)c1ccccn1. The smallest absolute Gasteiger partial charge is 0.270 e. The highest BCUT2D eigenvalue weighted by molar-refractivity contribution is 9.10. The Balaban J connectivity index is 2.09. The lowest BCUT2D eigenvalue weighted by Gasteiger charge is -2.11. The number of benzene rings is 1. The van der Waals surface area contributed by atoms with Gasteiger partial charge in [-0.05, 0) is 24.3 Å². The average molecular weight is 321 g/mol. The zero-order valence-electron chi connectivity index (χ0n) is 10.4. The van der Waals surface area contributed by atoms with Gasteiger partial charge in [0.2, 0.25) is 0 Å². The second-order valence-corrected chi connectivity index (χ2v) is 4.67. The molecule has 2 rings (SSSR count). The Labute approximate surface area is 119 Å². The zero-order chi connectivity index (χ0) is 13.7. The van der Waals surface area contributed by atoms with Gasteiger partial charge in [-0.15, -0.1) is 0 Å². The van der Waals surface area contributed by atoms with Crippen LogP contribution in [0.1, 0.15) is 16.1 Å². The Morgan fingerprint density at radius 1 is 1.32 bits per heavy atom. The fourth-order valence-corrected chi connectivity index (χ4v) is 2.15. The monoisotopic (exact) mass is 320 g/mol. The lowest BCUT2D eigenvalue weighted by atomic mass is 10.2. The summed E-state index contributed by atoms with van der Waals surface area (Å²) in [5, 5.41) is 2.82. The van der Waals surface area contributed by atoms with E-state index in [0.717, 1.165) is 15.8 Å². The molecular formula is C14H13BrN2O2. The molecule has 1 amide bonds. The van der Waals surface area contributed by atoms with E-state index >= 15 is 0 Å². The molecule has 0 saturated heterocycles. The summed E-state index contributed by atoms with van der Waals surface area (Å²) in [4.78, 5) is 15.9. The number of nitrogens with zero attached hydrogens (tertiary/aromatic N) is 1. The minimum absolute atomic E-state index is 0.210. The largest absolute Gasteiger partial charge is 0.496 e. The van der Waals surface area contributed by atoms with Crippen LogP contribution in [0.25, 0.3) is 0 Å². The minimum Gasteiger partial charge on any atom is -0.496 e. The molecule has 0 aliphatic carbocycles. The molecule has 98 valence electrons. The number of amides is 1. The van der Waals surface area contributed by atoms with Crippen molar-refractivity contribution in [2.24, 2.45) is 0 Å². The van der Waals surface area contributed by atoms with Crippen LogP contribution in [0.5, 0.6) is 5.75 Å². The van der Waals surface area contributed by atoms with Crippen molar-refractivity contribution in [2.45, 2.75) is 6.54 Å². The Hall–Kier alpha value is -1.88. The van der Waals surface area contributed by atoms with Crippen LogP contribution in [-0.2, 0) is 6.54 Å². The van der Waals surface area contributed by atoms with Gasteiger partial charge in [0, 0.05) is 22.8 Å². The molecular weight excluding hydrogens is 308 g/mol. The molecule has 0 aliphatic heterocycles. The summed E-state index contributed by atoms with van der Waals surface area (Å²) < 4.78 is 6.16. The molecule has 1 aromatic carbocycles. The number of hydrogen-bond donors (Lipinski definition) is 1. The number of aromatic nitrogens is 1. The number of nitrogens with one attached hydrogen (secondary N) is 1. The normalized spacial score (nSPS) is 10.0. The molecule has 1 N–H and O–H groups in total. The lowest BCUT2D eigenvalue weighted by molar-refractivity contribution is 0.0945. The van der Waals surface area contributed by atoms with Crippen LogP contribution in [0.4, 0.5) is 0 Å². The van der Waals surface area contributed by atoms with Crippen LogP contribution in [0, 0.1) is 0 Å². The molecule has 0 atom stereocenters. The minimum atomic E-state index is -0.210. The van der Waals surface area contributed by atoms with Gasteiger partial charge in [0.1, 0.15) is 11.4 Å². The average Bonchev–Trinajstić information content (AvgIpc) is 2.46. The summed E-state index contributed by atoms with van der Waals surface area (Å²) in [7, 11) is 1.60. The number of ether oxygens (including phenoxy) is 1. The predicted molar refractivity (Wildman–Crippen MR) is 76.1 cm³/mol. The van der Waals surface area contributed by atoms with Crippen molar-refractivity contribution in [1.29, 1.82) is 0 Å². The van der Waals surface area contributed by atoms with Crippen LogP contribution < -0.4 is 10.1 Å². The third-order valence-corrected chi connectivity index (χ3v) is 3.36. The number of carbonyl (C=O) groups excluding carboxylic acids is 1. The molecule has 4 nitrogen and oxygen atoms in total. The van der Waals surface area contributed by atoms with E-state index in [1.165, 1.54) is 0 Å². The predicted octanol–water partition coefficient (Wildman–Crippen LogP) is 2.78. The fourth-order valence-electron chi connectivity index (χ4n) is 1.66. The molecule has 0 unspecified atom stereocenters. The number of hydrogen-bond acceptors (Lipinski definition) is 3. The molecule has 0 fully saturated rings. The van der Waals surface area contributed by atoms with Crippen molar-refractivity contribution in [3.63, 3.8) is 0 Å². The number of rotatable bonds is 4. The van der Waals surface area contributed by atoms with Gasteiger partial charge in [0.25, 0.3) is 5.91 Å². The first kappa shape index (κ1) is 13.5. The maximum atomic E-state index is 11.9. The van der Waals surface area contributed by atoms with Gasteiger partial charge in [0.15, 0.2) is 0 Å². The number of halogens is 1. The molecule has 1 aromatic heterocycles. The van der Waals surface area contributed by atoms with E-state index in [4.69, 9.17) is 4.74 Å². The lowest BCUT2D eigenvalue weighted by Crippen LogP contribution is -2.24. The third-order valence-electron chi connectivity index (χ3n) is 2.62. The van der Waals surface area contributed by atoms with E-state index in [2.05, 4.69) is 26.2 Å². The van der Waals surface area contributed by atoms with Gasteiger partial charge in [0.05, 0.1) is 7.11 Å². The molecule has 0 aliphatic rings. The Bertz CT molecular complexity index is 573. The van der Waals surface area contributed by atoms with Gasteiger partial charge < -0.3 is 10.1 Å². The zero-order valence-corrected chi connectivity index (χ0v) is 12.0. The summed E-state index contributed by atoms with van der Waals surface area (Å²) >= 11 is 3.45. The molecule has 2 aromatic rings. The summed E-state index contributed by atoms with van der Waals surface area (Å²) in [6, 6.07) is 10.9. The van der Waals surface area contributed by atoms with Gasteiger partial charge >= 0.3 is 0 Å². The third kappa shape index (κ3) is 3.32. The topological polar surface area (TPSA) is 51.2 Å². The van der Waals surface area contributed by atoms with Crippen molar-refractivity contribution in [1.82, 2.24) is 10.3 Å². The van der Waals surface area contributed by atoms with Crippen molar-refractivity contribution in [3.8, 4) is 5.75 Å². The van der Waals surface area contributed by atoms with Crippen molar-refractivity contribution < 1.29 is 9.53 Å². The summed E-state index contributed by atoms with van der Waals surface area (Å²) in [6.45, 7) is 0.375. The van der Waals surface area contributed by atoms with Crippen LogP contribution in [0.15, 0.2) is 47.1 Å². The quantitative estimate of drug-likeness (QED) is 0.942. The Morgan fingerprint density at radius 3 is 2.84 bits per heavy atom. The van der Waals surface area contributed by atoms with E-state index < -0.39 is 0 Å². The van der Waals surface area contributed by atoms with E-state index in [0.29, 0.717) is 12.2 Å². The second kappa shape index (κ2) is 6.33. The first-order valence-electron chi connectivity index (χ1n) is 5.73. The summed E-state index contributed by atoms with van der Waals surface area (Å²) in [6.07, 6.45) is 1.59. The highest BCUT2D eigenvalue weighted by Crippen LogP contribution is 2.26. The van der Waals surface area contributed by atoms with E-state index in [9.17, 15) is 4.79 Å². The van der Waals surface area contributed by atoms with E-state index in [1.54, 1.807) is 31.5 Å². The molecule has 0 saturated carbocycles. The van der Waals surface area contributed by atoms with Crippen molar-refractivity contribution >= 4 is 21.8 Å². The summed E-state index contributed by atoms with van der Waals surface area (Å²) in [5.74, 6) is 0.522. The van der Waals surface area contributed by atoms with E-state index in [-0.39, 0.29) is 5.91 Å². The van der Waals surface area contributed by atoms with Gasteiger partial charge in [-0.25, -0.2) is 0 Å². The van der Waals surface area contributed by atoms with Crippen molar-refractivity contribution in [2.75, 3.05) is 7.11 Å². The van der Waals surface area contributed by atoms with Gasteiger partial charge in [-0.1, -0.05) is 28.1 Å². The number of pyridine rings is 1. The molecule has 0 bridgehead atoms. The maximum absolute atomic E-state index is 11.9. The van der Waals surface area contributed by atoms with Gasteiger partial charge in [-0.2, -0.15) is 0 Å². The van der Waals surface area contributed by atoms with Crippen LogP contribution in [0.3, 0.4) is 0 Å². The number of carbonyl (C=O) groups is 1. The first-order chi connectivity index (χ1) is 9.22. The molecule has 0 spiro atoms. The van der Waals surface area contributed by atoms with Crippen LogP contribution >= 0.6 is 15.9 Å². The first-order valence-corrected chi connectivity index (χ1v) is 6.52. The molecule has 0 radical (unpaired) electrons. The van der Waals surface area contributed by atoms with Gasteiger partial charge in [-0.3, -0.25) is 9.78 Å². The van der Waals surface area contributed by atoms with Crippen LogP contribution in [-0.4, -0.2) is 18.0 Å². The standard InChI is InChI=1S/C14H13BrN2O2/c1-19-13-7-4-5-11(15)10(13)9-17-14(18)12-6-2-3-8-16-12/h2-8H,9H2,1H3,(H,17,18). The molecule has 1 heterocycles. The fraction of sp³-hybridized carbons (Fsp3) is 0.143. The number of methoxy groups -OCH3 is 1. The highest BCUT2D eigenvalue weighted by atomic mass is 79.9. The molecule has 19 heavy (non-hydrogen) atoms. The maximum Gasteiger partial charge on any atom is 0.270 e. The van der Waals surface area contributed by atoms with Crippen LogP contribution in [0.2, 0.25) is 0 Å². The molecule has 5 heteroatoms. The highest BCUT2D eigenvalue weighted by Gasteiger charge is 2.10. The second-order valence-electron chi connectivity index (χ2n) is 3.82.